The first kappa shape index (κ1) is 13.9. The van der Waals surface area contributed by atoms with Crippen LogP contribution >= 0.6 is 0 Å². The summed E-state index contributed by atoms with van der Waals surface area (Å²) in [5.41, 5.74) is 0. The summed E-state index contributed by atoms with van der Waals surface area (Å²) in [6.45, 7) is 2.49. The van der Waals surface area contributed by atoms with Crippen molar-refractivity contribution in [3.63, 3.8) is 0 Å². The Kier molecular flexibility index (Phi) is 7.57. The van der Waals surface area contributed by atoms with Gasteiger partial charge in [-0.05, 0) is 7.05 Å². The van der Waals surface area contributed by atoms with E-state index in [9.17, 15) is 9.59 Å². The second-order valence-electron chi connectivity index (χ2n) is 3.04. The molecule has 0 atom stereocenters. The highest BCUT2D eigenvalue weighted by molar-refractivity contribution is 6.32. The SMILES string of the molecule is COCCN(C)CCNC(=O)C(=O)OC. The van der Waals surface area contributed by atoms with Crippen LogP contribution in [0.5, 0.6) is 0 Å². The Bertz CT molecular complexity index is 208. The number of amides is 1. The second kappa shape index (κ2) is 8.19. The largest absolute Gasteiger partial charge is 0.462 e. The summed E-state index contributed by atoms with van der Waals surface area (Å²) in [6.07, 6.45) is 0. The van der Waals surface area contributed by atoms with Crippen LogP contribution in [-0.2, 0) is 19.1 Å². The summed E-state index contributed by atoms with van der Waals surface area (Å²) in [5, 5.41) is 2.44. The highest BCUT2D eigenvalue weighted by atomic mass is 16.5. The normalized spacial score (nSPS) is 10.1. The number of nitrogens with zero attached hydrogens (tertiary/aromatic N) is 1. The summed E-state index contributed by atoms with van der Waals surface area (Å²) >= 11 is 0. The molecule has 0 saturated heterocycles. The third kappa shape index (κ3) is 6.87. The molecular formula is C9H18N2O4. The minimum atomic E-state index is -0.866. The number of carbonyl (C=O) groups excluding carboxylic acids is 2. The Labute approximate surface area is 89.5 Å². The van der Waals surface area contributed by atoms with E-state index in [4.69, 9.17) is 4.74 Å². The van der Waals surface area contributed by atoms with Crippen molar-refractivity contribution in [2.75, 3.05) is 47.5 Å². The Morgan fingerprint density at radius 3 is 2.47 bits per heavy atom. The molecule has 1 amide bonds. The van der Waals surface area contributed by atoms with Gasteiger partial charge in [0, 0.05) is 26.7 Å². The fraction of sp³-hybridized carbons (Fsp3) is 0.778. The predicted octanol–water partition coefficient (Wildman–Crippen LogP) is -1.15. The molecule has 0 fully saturated rings. The maximum atomic E-state index is 10.9. The minimum absolute atomic E-state index is 0.411. The molecule has 0 heterocycles. The van der Waals surface area contributed by atoms with Gasteiger partial charge in [0.2, 0.25) is 0 Å². The predicted molar refractivity (Wildman–Crippen MR) is 54.4 cm³/mol. The average molecular weight is 218 g/mol. The summed E-state index contributed by atoms with van der Waals surface area (Å²) < 4.78 is 9.14. The lowest BCUT2D eigenvalue weighted by Gasteiger charge is -2.15. The van der Waals surface area contributed by atoms with Gasteiger partial charge in [-0.1, -0.05) is 0 Å². The molecule has 0 aromatic heterocycles. The third-order valence-corrected chi connectivity index (χ3v) is 1.83. The monoisotopic (exact) mass is 218 g/mol. The number of methoxy groups -OCH3 is 2. The zero-order valence-corrected chi connectivity index (χ0v) is 9.41. The molecule has 0 spiro atoms. The molecule has 0 rings (SSSR count). The molecular weight excluding hydrogens is 200 g/mol. The summed E-state index contributed by atoms with van der Waals surface area (Å²) in [4.78, 5) is 23.6. The highest BCUT2D eigenvalue weighted by Crippen LogP contribution is 1.81. The zero-order chi connectivity index (χ0) is 11.7. The number of nitrogens with one attached hydrogen (secondary N) is 1. The van der Waals surface area contributed by atoms with Crippen molar-refractivity contribution >= 4 is 11.9 Å². The number of rotatable bonds is 6. The maximum absolute atomic E-state index is 10.9. The number of ether oxygens (including phenoxy) is 2. The lowest BCUT2D eigenvalue weighted by molar-refractivity contribution is -0.152. The molecule has 0 aliphatic rings. The lowest BCUT2D eigenvalue weighted by atomic mass is 10.5. The van der Waals surface area contributed by atoms with E-state index in [1.807, 2.05) is 11.9 Å². The molecule has 88 valence electrons. The van der Waals surface area contributed by atoms with Gasteiger partial charge in [-0.3, -0.25) is 4.79 Å². The van der Waals surface area contributed by atoms with Crippen molar-refractivity contribution in [3.8, 4) is 0 Å². The molecule has 0 aliphatic heterocycles. The Hall–Kier alpha value is -1.14. The van der Waals surface area contributed by atoms with E-state index in [0.717, 1.165) is 6.54 Å². The molecule has 1 N–H and O–H groups in total. The van der Waals surface area contributed by atoms with Crippen LogP contribution in [0.3, 0.4) is 0 Å². The van der Waals surface area contributed by atoms with Crippen LogP contribution in [0.25, 0.3) is 0 Å². The first-order valence-corrected chi connectivity index (χ1v) is 4.65. The zero-order valence-electron chi connectivity index (χ0n) is 9.41. The van der Waals surface area contributed by atoms with E-state index >= 15 is 0 Å². The van der Waals surface area contributed by atoms with Gasteiger partial charge in [0.25, 0.3) is 0 Å². The number of esters is 1. The lowest BCUT2D eigenvalue weighted by Crippen LogP contribution is -2.38. The van der Waals surface area contributed by atoms with Gasteiger partial charge in [-0.25, -0.2) is 4.79 Å². The van der Waals surface area contributed by atoms with Gasteiger partial charge in [0.1, 0.15) is 0 Å². The van der Waals surface area contributed by atoms with E-state index in [1.54, 1.807) is 7.11 Å². The quantitative estimate of drug-likeness (QED) is 0.450. The Morgan fingerprint density at radius 2 is 1.93 bits per heavy atom. The van der Waals surface area contributed by atoms with E-state index < -0.39 is 11.9 Å². The molecule has 0 radical (unpaired) electrons. The van der Waals surface area contributed by atoms with Crippen LogP contribution in [0.2, 0.25) is 0 Å². The fourth-order valence-corrected chi connectivity index (χ4v) is 0.884. The summed E-state index contributed by atoms with van der Waals surface area (Å²) in [5.74, 6) is -1.58. The molecule has 0 saturated carbocycles. The molecule has 15 heavy (non-hydrogen) atoms. The number of likely N-dealkylation sites (N-methyl/N-ethyl adjacent to an activating group) is 1. The summed E-state index contributed by atoms with van der Waals surface area (Å²) in [7, 11) is 4.71. The van der Waals surface area contributed by atoms with Crippen LogP contribution in [0.15, 0.2) is 0 Å². The first-order valence-electron chi connectivity index (χ1n) is 4.65. The molecule has 0 bridgehead atoms. The van der Waals surface area contributed by atoms with Crippen LogP contribution < -0.4 is 5.32 Å². The number of hydrogen-bond acceptors (Lipinski definition) is 5. The molecule has 6 nitrogen and oxygen atoms in total. The van der Waals surface area contributed by atoms with Crippen LogP contribution in [-0.4, -0.2) is 64.3 Å². The van der Waals surface area contributed by atoms with Crippen molar-refractivity contribution in [1.29, 1.82) is 0 Å². The van der Waals surface area contributed by atoms with Crippen molar-refractivity contribution in [2.24, 2.45) is 0 Å². The van der Waals surface area contributed by atoms with Gasteiger partial charge in [-0.15, -0.1) is 0 Å². The maximum Gasteiger partial charge on any atom is 0.396 e. The minimum Gasteiger partial charge on any atom is -0.462 e. The fourth-order valence-electron chi connectivity index (χ4n) is 0.884. The van der Waals surface area contributed by atoms with Crippen molar-refractivity contribution < 1.29 is 19.1 Å². The van der Waals surface area contributed by atoms with E-state index in [-0.39, 0.29) is 0 Å². The topological polar surface area (TPSA) is 67.9 Å². The second-order valence-corrected chi connectivity index (χ2v) is 3.04. The van der Waals surface area contributed by atoms with Gasteiger partial charge in [0.15, 0.2) is 0 Å². The Morgan fingerprint density at radius 1 is 1.27 bits per heavy atom. The van der Waals surface area contributed by atoms with Crippen LogP contribution in [0, 0.1) is 0 Å². The molecule has 0 aliphatic carbocycles. The average Bonchev–Trinajstić information content (AvgIpc) is 2.24. The van der Waals surface area contributed by atoms with Gasteiger partial charge >= 0.3 is 11.9 Å². The Balaban J connectivity index is 3.52. The highest BCUT2D eigenvalue weighted by Gasteiger charge is 2.12. The van der Waals surface area contributed by atoms with Gasteiger partial charge < -0.3 is 19.7 Å². The van der Waals surface area contributed by atoms with Crippen molar-refractivity contribution in [3.05, 3.63) is 0 Å². The van der Waals surface area contributed by atoms with E-state index in [2.05, 4.69) is 10.1 Å². The first-order chi connectivity index (χ1) is 7.11. The molecule has 6 heteroatoms. The third-order valence-electron chi connectivity index (χ3n) is 1.83. The molecule has 0 aromatic carbocycles. The number of carbonyl (C=O) groups is 2. The summed E-state index contributed by atoms with van der Waals surface area (Å²) in [6, 6.07) is 0. The standard InChI is InChI=1S/C9H18N2O4/c1-11(6-7-14-2)5-4-10-8(12)9(13)15-3/h4-7H2,1-3H3,(H,10,12). The number of hydrogen-bond donors (Lipinski definition) is 1. The van der Waals surface area contributed by atoms with E-state index in [1.165, 1.54) is 7.11 Å². The molecule has 0 unspecified atom stereocenters. The van der Waals surface area contributed by atoms with Gasteiger partial charge in [-0.2, -0.15) is 0 Å². The van der Waals surface area contributed by atoms with Crippen LogP contribution in [0.4, 0.5) is 0 Å². The van der Waals surface area contributed by atoms with Crippen molar-refractivity contribution in [2.45, 2.75) is 0 Å². The van der Waals surface area contributed by atoms with Crippen molar-refractivity contribution in [1.82, 2.24) is 10.2 Å². The smallest absolute Gasteiger partial charge is 0.396 e. The van der Waals surface area contributed by atoms with Crippen LogP contribution in [0.1, 0.15) is 0 Å². The molecule has 0 aromatic rings. The van der Waals surface area contributed by atoms with E-state index in [0.29, 0.717) is 19.7 Å². The van der Waals surface area contributed by atoms with Gasteiger partial charge in [0.05, 0.1) is 13.7 Å².